The quantitative estimate of drug-likeness (QED) is 0.278. The fourth-order valence-electron chi connectivity index (χ4n) is 2.65. The molecule has 0 heterocycles. The van der Waals surface area contributed by atoms with E-state index < -0.39 is 5.97 Å². The maximum absolute atomic E-state index is 10.3. The molecule has 0 unspecified atom stereocenters. The molecule has 0 saturated carbocycles. The summed E-state index contributed by atoms with van der Waals surface area (Å²) in [4.78, 5) is 10.3. The summed E-state index contributed by atoms with van der Waals surface area (Å²) in [5, 5.41) is 16.1. The molecule has 5 N–H and O–H groups in total. The molecular formula is C20H45NO3. The predicted octanol–water partition coefficient (Wildman–Crippen LogP) is 6.49. The molecule has 4 nitrogen and oxygen atoms in total. The molecule has 0 aromatic heterocycles. The molecule has 0 amide bonds. The van der Waals surface area contributed by atoms with E-state index in [0.29, 0.717) is 6.42 Å². The van der Waals surface area contributed by atoms with Crippen molar-refractivity contribution in [2.24, 2.45) is 0 Å². The average Bonchev–Trinajstić information content (AvgIpc) is 2.51. The van der Waals surface area contributed by atoms with E-state index in [1.54, 1.807) is 6.92 Å². The highest BCUT2D eigenvalue weighted by molar-refractivity contribution is 5.66. The van der Waals surface area contributed by atoms with Crippen LogP contribution in [0.15, 0.2) is 0 Å². The van der Waals surface area contributed by atoms with Gasteiger partial charge in [0.25, 0.3) is 0 Å². The molecule has 0 fully saturated rings. The maximum Gasteiger partial charge on any atom is 0.303 e. The van der Waals surface area contributed by atoms with Gasteiger partial charge < -0.3 is 16.4 Å². The highest BCUT2D eigenvalue weighted by Gasteiger charge is 1.97. The van der Waals surface area contributed by atoms with Crippen LogP contribution in [-0.4, -0.2) is 22.8 Å². The van der Waals surface area contributed by atoms with Gasteiger partial charge in [-0.05, 0) is 13.3 Å². The van der Waals surface area contributed by atoms with Crippen molar-refractivity contribution < 1.29 is 15.0 Å². The van der Waals surface area contributed by atoms with Crippen molar-refractivity contribution >= 4 is 5.97 Å². The van der Waals surface area contributed by atoms with Gasteiger partial charge in [-0.3, -0.25) is 4.79 Å². The second kappa shape index (κ2) is 27.2. The van der Waals surface area contributed by atoms with Crippen LogP contribution in [0.1, 0.15) is 117 Å². The summed E-state index contributed by atoms with van der Waals surface area (Å²) in [5.41, 5.74) is 0. The summed E-state index contributed by atoms with van der Waals surface area (Å²) < 4.78 is 0. The number of aliphatic hydroxyl groups excluding tert-OH is 1. The van der Waals surface area contributed by atoms with Crippen LogP contribution in [0.4, 0.5) is 0 Å². The van der Waals surface area contributed by atoms with Gasteiger partial charge in [0.15, 0.2) is 0 Å². The molecule has 24 heavy (non-hydrogen) atoms. The zero-order valence-electron chi connectivity index (χ0n) is 16.5. The van der Waals surface area contributed by atoms with Gasteiger partial charge in [-0.2, -0.15) is 0 Å². The number of carbonyl (C=O) groups is 1. The van der Waals surface area contributed by atoms with Gasteiger partial charge in [-0.1, -0.05) is 96.8 Å². The van der Waals surface area contributed by atoms with Gasteiger partial charge in [0.2, 0.25) is 0 Å². The van der Waals surface area contributed by atoms with E-state index in [1.165, 1.54) is 83.5 Å². The molecule has 0 aliphatic carbocycles. The largest absolute Gasteiger partial charge is 0.481 e. The van der Waals surface area contributed by atoms with E-state index in [4.69, 9.17) is 10.2 Å². The minimum atomic E-state index is -0.653. The monoisotopic (exact) mass is 347 g/mol. The molecule has 0 aliphatic rings. The second-order valence-electron chi connectivity index (χ2n) is 6.41. The summed E-state index contributed by atoms with van der Waals surface area (Å²) in [7, 11) is 0. The highest BCUT2D eigenvalue weighted by Crippen LogP contribution is 2.13. The first-order chi connectivity index (χ1) is 11.2. The second-order valence-corrected chi connectivity index (χ2v) is 6.41. The number of hydrogen-bond acceptors (Lipinski definition) is 3. The molecule has 148 valence electrons. The number of carboxylic acid groups (broad SMARTS) is 1. The molecular weight excluding hydrogens is 302 g/mol. The Labute approximate surface area is 151 Å². The highest BCUT2D eigenvalue weighted by atomic mass is 16.4. The van der Waals surface area contributed by atoms with Crippen LogP contribution < -0.4 is 6.15 Å². The lowest BCUT2D eigenvalue weighted by molar-refractivity contribution is -0.137. The van der Waals surface area contributed by atoms with E-state index in [2.05, 4.69) is 6.92 Å². The molecule has 0 spiro atoms. The Morgan fingerprint density at radius 3 is 1.12 bits per heavy atom. The fraction of sp³-hybridized carbons (Fsp3) is 0.950. The first kappa shape index (κ1) is 28.2. The van der Waals surface area contributed by atoms with Crippen LogP contribution in [0.5, 0.6) is 0 Å². The minimum Gasteiger partial charge on any atom is -0.481 e. The van der Waals surface area contributed by atoms with Crippen LogP contribution in [0.25, 0.3) is 0 Å². The Hall–Kier alpha value is -0.610. The maximum atomic E-state index is 10.3. The van der Waals surface area contributed by atoms with Gasteiger partial charge in [-0.25, -0.2) is 0 Å². The van der Waals surface area contributed by atoms with Crippen LogP contribution in [0.2, 0.25) is 0 Å². The lowest BCUT2D eigenvalue weighted by atomic mass is 10.0. The zero-order valence-corrected chi connectivity index (χ0v) is 16.5. The van der Waals surface area contributed by atoms with Crippen molar-refractivity contribution in [1.82, 2.24) is 6.15 Å². The molecule has 0 aromatic carbocycles. The van der Waals surface area contributed by atoms with Crippen LogP contribution >= 0.6 is 0 Å². The summed E-state index contributed by atoms with van der Waals surface area (Å²) in [6.45, 7) is 4.20. The summed E-state index contributed by atoms with van der Waals surface area (Å²) in [6, 6.07) is 0. The van der Waals surface area contributed by atoms with Crippen molar-refractivity contribution in [2.75, 3.05) is 6.61 Å². The van der Waals surface area contributed by atoms with Crippen molar-refractivity contribution in [3.05, 3.63) is 0 Å². The Morgan fingerprint density at radius 1 is 0.625 bits per heavy atom. The number of aliphatic hydroxyl groups is 1. The normalized spacial score (nSPS) is 9.79. The van der Waals surface area contributed by atoms with Crippen molar-refractivity contribution in [3.63, 3.8) is 0 Å². The summed E-state index contributed by atoms with van der Waals surface area (Å²) >= 11 is 0. The Balaban J connectivity index is -0.00000102. The lowest BCUT2D eigenvalue weighted by Gasteiger charge is -2.03. The first-order valence-corrected chi connectivity index (χ1v) is 10.0. The Bertz CT molecular complexity index is 223. The van der Waals surface area contributed by atoms with E-state index in [-0.39, 0.29) is 12.8 Å². The van der Waals surface area contributed by atoms with Gasteiger partial charge in [0.05, 0.1) is 0 Å². The van der Waals surface area contributed by atoms with E-state index >= 15 is 0 Å². The van der Waals surface area contributed by atoms with Gasteiger partial charge >= 0.3 is 5.97 Å². The Morgan fingerprint density at radius 2 is 0.875 bits per heavy atom. The molecule has 0 aliphatic heterocycles. The summed E-state index contributed by atoms with van der Waals surface area (Å²) in [6.07, 6.45) is 20.2. The minimum absolute atomic E-state index is 0. The van der Waals surface area contributed by atoms with E-state index in [9.17, 15) is 4.79 Å². The molecule has 0 radical (unpaired) electrons. The van der Waals surface area contributed by atoms with Crippen LogP contribution in [0.3, 0.4) is 0 Å². The smallest absolute Gasteiger partial charge is 0.303 e. The van der Waals surface area contributed by atoms with Crippen molar-refractivity contribution in [2.45, 2.75) is 117 Å². The number of carboxylic acids is 1. The first-order valence-electron chi connectivity index (χ1n) is 10.0. The van der Waals surface area contributed by atoms with Gasteiger partial charge in [0.1, 0.15) is 0 Å². The average molecular weight is 348 g/mol. The van der Waals surface area contributed by atoms with E-state index in [0.717, 1.165) is 12.8 Å². The third-order valence-corrected chi connectivity index (χ3v) is 3.99. The summed E-state index contributed by atoms with van der Waals surface area (Å²) in [5.74, 6) is -0.653. The molecule has 0 aromatic rings. The topological polar surface area (TPSA) is 92.5 Å². The SMILES string of the molecule is CCCCCCCCCCCCCCCCCC(=O)O.CCO.N. The van der Waals surface area contributed by atoms with Gasteiger partial charge in [-0.15, -0.1) is 0 Å². The van der Waals surface area contributed by atoms with Gasteiger partial charge in [0, 0.05) is 13.0 Å². The zero-order chi connectivity index (χ0) is 17.6. The van der Waals surface area contributed by atoms with Crippen molar-refractivity contribution in [3.8, 4) is 0 Å². The third kappa shape index (κ3) is 33.1. The lowest BCUT2D eigenvalue weighted by Crippen LogP contribution is -1.93. The van der Waals surface area contributed by atoms with Crippen LogP contribution in [-0.2, 0) is 4.79 Å². The Kier molecular flexibility index (Phi) is 32.0. The predicted molar refractivity (Wildman–Crippen MR) is 105 cm³/mol. The third-order valence-electron chi connectivity index (χ3n) is 3.99. The number of hydrogen-bond donors (Lipinski definition) is 3. The standard InChI is InChI=1S/C18H36O2.C2H6O.H3N/c1-2-3-4-5-6-7-8-9-10-11-12-13-14-15-16-17-18(19)20;1-2-3;/h2-17H2,1H3,(H,19,20);3H,2H2,1H3;1H3. The van der Waals surface area contributed by atoms with E-state index in [1.807, 2.05) is 0 Å². The molecule has 0 rings (SSSR count). The number of rotatable bonds is 16. The molecule has 0 saturated heterocycles. The fourth-order valence-corrected chi connectivity index (χ4v) is 2.65. The molecule has 0 atom stereocenters. The number of aliphatic carboxylic acids is 1. The number of unbranched alkanes of at least 4 members (excludes halogenated alkanes) is 14. The van der Waals surface area contributed by atoms with Crippen molar-refractivity contribution in [1.29, 1.82) is 0 Å². The van der Waals surface area contributed by atoms with Crippen LogP contribution in [0, 0.1) is 0 Å². The molecule has 0 bridgehead atoms. The molecule has 4 heteroatoms.